The van der Waals surface area contributed by atoms with Gasteiger partial charge in [-0.2, -0.15) is 0 Å². The molecule has 2 heterocycles. The number of carbonyl (C=O) groups excluding carboxylic acids is 1. The van der Waals surface area contributed by atoms with Crippen LogP contribution in [0, 0.1) is 3.57 Å². The predicted octanol–water partition coefficient (Wildman–Crippen LogP) is 3.88. The second-order valence-corrected chi connectivity index (χ2v) is 6.82. The summed E-state index contributed by atoms with van der Waals surface area (Å²) in [7, 11) is 0. The fraction of sp³-hybridized carbons (Fsp3) is 0.0667. The molecule has 4 rings (SSSR count). The lowest BCUT2D eigenvalue weighted by molar-refractivity contribution is 0.102. The Kier molecular flexibility index (Phi) is 3.38. The number of halogens is 1. The normalized spacial score (nSPS) is 12.6. The highest BCUT2D eigenvalue weighted by atomic mass is 127. The molecule has 7 heteroatoms. The molecule has 0 saturated heterocycles. The number of carbonyl (C=O) groups is 1. The molecule has 1 N–H and O–H groups in total. The Bertz CT molecular complexity index is 853. The van der Waals surface area contributed by atoms with E-state index in [1.54, 1.807) is 6.07 Å². The van der Waals surface area contributed by atoms with Crippen LogP contribution in [0.4, 0.5) is 5.13 Å². The van der Waals surface area contributed by atoms with Gasteiger partial charge >= 0.3 is 0 Å². The fourth-order valence-corrected chi connectivity index (χ4v) is 3.68. The maximum atomic E-state index is 12.3. The number of anilines is 1. The van der Waals surface area contributed by atoms with Gasteiger partial charge in [-0.3, -0.25) is 10.1 Å². The maximum Gasteiger partial charge on any atom is 0.258 e. The molecular formula is C15H9IN2O3S. The number of fused-ring (bicyclic) bond motifs is 2. The Balaban J connectivity index is 1.65. The Morgan fingerprint density at radius 1 is 1.23 bits per heavy atom. The van der Waals surface area contributed by atoms with Crippen LogP contribution in [0.1, 0.15) is 10.4 Å². The lowest BCUT2D eigenvalue weighted by Gasteiger charge is -2.03. The third-order valence-electron chi connectivity index (χ3n) is 3.22. The van der Waals surface area contributed by atoms with Gasteiger partial charge in [0.05, 0.1) is 15.8 Å². The van der Waals surface area contributed by atoms with Crippen molar-refractivity contribution in [2.75, 3.05) is 12.1 Å². The molecule has 0 aliphatic carbocycles. The first-order chi connectivity index (χ1) is 10.7. The zero-order valence-electron chi connectivity index (χ0n) is 11.1. The van der Waals surface area contributed by atoms with Crippen molar-refractivity contribution in [1.82, 2.24) is 4.98 Å². The molecule has 0 atom stereocenters. The minimum absolute atomic E-state index is 0.163. The Hall–Kier alpha value is -1.87. The molecule has 0 spiro atoms. The van der Waals surface area contributed by atoms with Gasteiger partial charge in [-0.15, -0.1) is 0 Å². The summed E-state index contributed by atoms with van der Waals surface area (Å²) in [5.41, 5.74) is 1.42. The van der Waals surface area contributed by atoms with Crippen LogP contribution < -0.4 is 14.8 Å². The molecule has 0 saturated carbocycles. The van der Waals surface area contributed by atoms with Gasteiger partial charge < -0.3 is 9.47 Å². The molecule has 2 aromatic carbocycles. The Morgan fingerprint density at radius 2 is 2.00 bits per heavy atom. The number of hydrogen-bond donors (Lipinski definition) is 1. The van der Waals surface area contributed by atoms with Gasteiger partial charge in [-0.05, 0) is 34.7 Å². The van der Waals surface area contributed by atoms with Gasteiger partial charge in [-0.25, -0.2) is 4.98 Å². The second-order valence-electron chi connectivity index (χ2n) is 4.63. The van der Waals surface area contributed by atoms with Gasteiger partial charge in [0.25, 0.3) is 5.91 Å². The van der Waals surface area contributed by atoms with Gasteiger partial charge in [0.1, 0.15) is 0 Å². The lowest BCUT2D eigenvalue weighted by atomic mass is 10.2. The van der Waals surface area contributed by atoms with Crippen LogP contribution in [-0.4, -0.2) is 17.7 Å². The number of benzene rings is 2. The van der Waals surface area contributed by atoms with Gasteiger partial charge in [0.2, 0.25) is 6.79 Å². The van der Waals surface area contributed by atoms with E-state index in [4.69, 9.17) is 9.47 Å². The largest absolute Gasteiger partial charge is 0.454 e. The van der Waals surface area contributed by atoms with E-state index in [9.17, 15) is 4.79 Å². The molecule has 0 bridgehead atoms. The number of hydrogen-bond acceptors (Lipinski definition) is 5. The highest BCUT2D eigenvalue weighted by Gasteiger charge is 2.17. The molecule has 3 aromatic rings. The van der Waals surface area contributed by atoms with E-state index in [1.807, 2.05) is 30.3 Å². The van der Waals surface area contributed by atoms with Crippen molar-refractivity contribution < 1.29 is 14.3 Å². The van der Waals surface area contributed by atoms with Crippen molar-refractivity contribution >= 4 is 55.2 Å². The molecule has 1 aliphatic rings. The molecule has 0 fully saturated rings. The van der Waals surface area contributed by atoms with Crippen molar-refractivity contribution in [2.24, 2.45) is 0 Å². The Labute approximate surface area is 143 Å². The molecule has 1 amide bonds. The first kappa shape index (κ1) is 13.8. The highest BCUT2D eigenvalue weighted by Crippen LogP contribution is 2.39. The van der Waals surface area contributed by atoms with Crippen LogP contribution in [0.3, 0.4) is 0 Å². The van der Waals surface area contributed by atoms with E-state index >= 15 is 0 Å². The predicted molar refractivity (Wildman–Crippen MR) is 92.9 cm³/mol. The fourth-order valence-electron chi connectivity index (χ4n) is 2.18. The third-order valence-corrected chi connectivity index (χ3v) is 5.10. The number of thiazole rings is 1. The molecule has 0 radical (unpaired) electrons. The molecule has 0 unspecified atom stereocenters. The number of ether oxygens (including phenoxy) is 2. The number of nitrogens with zero attached hydrogens (tertiary/aromatic N) is 1. The van der Waals surface area contributed by atoms with E-state index in [2.05, 4.69) is 32.9 Å². The van der Waals surface area contributed by atoms with Crippen molar-refractivity contribution in [3.63, 3.8) is 0 Å². The van der Waals surface area contributed by atoms with Gasteiger partial charge in [0, 0.05) is 15.7 Å². The monoisotopic (exact) mass is 424 g/mol. The number of aromatic nitrogens is 1. The van der Waals surface area contributed by atoms with E-state index in [1.165, 1.54) is 11.3 Å². The molecule has 5 nitrogen and oxygen atoms in total. The van der Waals surface area contributed by atoms with Crippen LogP contribution in [-0.2, 0) is 0 Å². The first-order valence-corrected chi connectivity index (χ1v) is 8.36. The van der Waals surface area contributed by atoms with Gasteiger partial charge in [0.15, 0.2) is 16.6 Å². The van der Waals surface area contributed by atoms with Crippen molar-refractivity contribution in [2.45, 2.75) is 0 Å². The minimum atomic E-state index is -0.163. The highest BCUT2D eigenvalue weighted by molar-refractivity contribution is 14.1. The van der Waals surface area contributed by atoms with Crippen LogP contribution in [0.2, 0.25) is 0 Å². The SMILES string of the molecule is O=C(Nc1nc2cc3c(cc2s1)OCO3)c1ccccc1I. The van der Waals surface area contributed by atoms with Crippen LogP contribution in [0.25, 0.3) is 10.2 Å². The quantitative estimate of drug-likeness (QED) is 0.635. The third kappa shape index (κ3) is 2.40. The summed E-state index contributed by atoms with van der Waals surface area (Å²) >= 11 is 3.55. The van der Waals surface area contributed by atoms with Crippen LogP contribution in [0.15, 0.2) is 36.4 Å². The van der Waals surface area contributed by atoms with Crippen molar-refractivity contribution in [3.8, 4) is 11.5 Å². The zero-order chi connectivity index (χ0) is 15.1. The molecular weight excluding hydrogens is 415 g/mol. The molecule has 110 valence electrons. The summed E-state index contributed by atoms with van der Waals surface area (Å²) in [6.45, 7) is 0.239. The average molecular weight is 424 g/mol. The smallest absolute Gasteiger partial charge is 0.258 e. The van der Waals surface area contributed by atoms with E-state index < -0.39 is 0 Å². The van der Waals surface area contributed by atoms with E-state index in [0.717, 1.165) is 13.8 Å². The van der Waals surface area contributed by atoms with Crippen LogP contribution in [0.5, 0.6) is 11.5 Å². The molecule has 1 aliphatic heterocycles. The van der Waals surface area contributed by atoms with Gasteiger partial charge in [-0.1, -0.05) is 23.5 Å². The average Bonchev–Trinajstić information content (AvgIpc) is 3.09. The standard InChI is InChI=1S/C15H9IN2O3S/c16-9-4-2-1-3-8(9)14(19)18-15-17-10-5-11-12(21-7-20-11)6-13(10)22-15/h1-6H,7H2,(H,17,18,19). The zero-order valence-corrected chi connectivity index (χ0v) is 14.1. The summed E-state index contributed by atoms with van der Waals surface area (Å²) in [6.07, 6.45) is 0. The Morgan fingerprint density at radius 3 is 2.82 bits per heavy atom. The van der Waals surface area contributed by atoms with Crippen molar-refractivity contribution in [3.05, 3.63) is 45.5 Å². The molecule has 22 heavy (non-hydrogen) atoms. The van der Waals surface area contributed by atoms with E-state index in [-0.39, 0.29) is 12.7 Å². The molecule has 1 aromatic heterocycles. The lowest BCUT2D eigenvalue weighted by Crippen LogP contribution is -2.12. The summed E-state index contributed by atoms with van der Waals surface area (Å²) < 4.78 is 12.5. The second kappa shape index (κ2) is 5.40. The summed E-state index contributed by atoms with van der Waals surface area (Å²) in [6, 6.07) is 11.1. The number of rotatable bonds is 2. The van der Waals surface area contributed by atoms with Crippen LogP contribution >= 0.6 is 33.9 Å². The first-order valence-electron chi connectivity index (χ1n) is 6.47. The topological polar surface area (TPSA) is 60.5 Å². The van der Waals surface area contributed by atoms with Crippen molar-refractivity contribution in [1.29, 1.82) is 0 Å². The number of amides is 1. The summed E-state index contributed by atoms with van der Waals surface area (Å²) in [4.78, 5) is 16.7. The number of nitrogens with one attached hydrogen (secondary N) is 1. The maximum absolute atomic E-state index is 12.3. The summed E-state index contributed by atoms with van der Waals surface area (Å²) in [5, 5.41) is 3.40. The van der Waals surface area contributed by atoms with E-state index in [0.29, 0.717) is 22.2 Å². The summed E-state index contributed by atoms with van der Waals surface area (Å²) in [5.74, 6) is 1.24. The minimum Gasteiger partial charge on any atom is -0.454 e.